The van der Waals surface area contributed by atoms with Crippen LogP contribution in [0.5, 0.6) is 0 Å². The number of anilines is 1. The molecule has 0 unspecified atom stereocenters. The zero-order valence-corrected chi connectivity index (χ0v) is 15.0. The Kier molecular flexibility index (Phi) is 4.50. The molecular formula is C20H19F3N4O. The van der Waals surface area contributed by atoms with Gasteiger partial charge in [0.15, 0.2) is 0 Å². The van der Waals surface area contributed by atoms with Gasteiger partial charge in [-0.15, -0.1) is 0 Å². The first kappa shape index (κ1) is 18.4. The monoisotopic (exact) mass is 388 g/mol. The number of fused-ring (bicyclic) bond motifs is 1. The summed E-state index contributed by atoms with van der Waals surface area (Å²) in [6.45, 7) is 1.46. The average molecular weight is 388 g/mol. The van der Waals surface area contributed by atoms with E-state index >= 15 is 0 Å². The van der Waals surface area contributed by atoms with Gasteiger partial charge < -0.3 is 5.73 Å². The summed E-state index contributed by atoms with van der Waals surface area (Å²) in [5.41, 5.74) is 8.34. The van der Waals surface area contributed by atoms with Gasteiger partial charge in [-0.25, -0.2) is 4.68 Å². The fourth-order valence-corrected chi connectivity index (χ4v) is 3.56. The number of nitrogens with two attached hydrogens (primary N) is 1. The highest BCUT2D eigenvalue weighted by molar-refractivity contribution is 5.47. The third kappa shape index (κ3) is 3.55. The molecule has 28 heavy (non-hydrogen) atoms. The van der Waals surface area contributed by atoms with Crippen LogP contribution in [0.15, 0.2) is 53.3 Å². The number of nitrogens with zero attached hydrogens (tertiary/aromatic N) is 2. The minimum Gasteiger partial charge on any atom is -0.399 e. The molecule has 3 aromatic rings. The Morgan fingerprint density at radius 1 is 1.11 bits per heavy atom. The smallest absolute Gasteiger partial charge is 0.399 e. The Balaban J connectivity index is 1.56. The van der Waals surface area contributed by atoms with Gasteiger partial charge in [0, 0.05) is 30.9 Å². The number of benzene rings is 2. The molecule has 146 valence electrons. The number of nitrogens with one attached hydrogen (secondary N) is 1. The Bertz CT molecular complexity index is 1070. The zero-order valence-electron chi connectivity index (χ0n) is 15.0. The summed E-state index contributed by atoms with van der Waals surface area (Å²) >= 11 is 0. The van der Waals surface area contributed by atoms with Crippen LogP contribution >= 0.6 is 0 Å². The van der Waals surface area contributed by atoms with Crippen molar-refractivity contribution in [2.45, 2.75) is 25.7 Å². The number of halogens is 3. The highest BCUT2D eigenvalue weighted by atomic mass is 19.4. The molecule has 0 saturated carbocycles. The number of aromatic nitrogens is 2. The molecule has 0 spiro atoms. The topological polar surface area (TPSA) is 67.0 Å². The van der Waals surface area contributed by atoms with Crippen LogP contribution in [0.3, 0.4) is 0 Å². The number of hydrogen-bond donors (Lipinski definition) is 2. The van der Waals surface area contributed by atoms with Gasteiger partial charge in [-0.05, 0) is 36.2 Å². The lowest BCUT2D eigenvalue weighted by Gasteiger charge is -2.26. The fraction of sp³-hybridized carbons (Fsp3) is 0.250. The lowest BCUT2D eigenvalue weighted by molar-refractivity contribution is -0.137. The predicted molar refractivity (Wildman–Crippen MR) is 100 cm³/mol. The van der Waals surface area contributed by atoms with E-state index in [0.29, 0.717) is 48.6 Å². The second-order valence-electron chi connectivity index (χ2n) is 6.96. The fourth-order valence-electron chi connectivity index (χ4n) is 3.56. The van der Waals surface area contributed by atoms with Gasteiger partial charge >= 0.3 is 6.18 Å². The molecule has 4 rings (SSSR count). The van der Waals surface area contributed by atoms with E-state index in [-0.39, 0.29) is 5.56 Å². The van der Waals surface area contributed by atoms with Crippen molar-refractivity contribution in [2.75, 3.05) is 12.3 Å². The minimum atomic E-state index is -4.36. The summed E-state index contributed by atoms with van der Waals surface area (Å²) in [7, 11) is 0. The number of aromatic amines is 1. The summed E-state index contributed by atoms with van der Waals surface area (Å²) in [5.74, 6) is 0. The molecule has 0 radical (unpaired) electrons. The van der Waals surface area contributed by atoms with Crippen molar-refractivity contribution in [1.29, 1.82) is 0 Å². The van der Waals surface area contributed by atoms with Gasteiger partial charge in [0.1, 0.15) is 0 Å². The Morgan fingerprint density at radius 3 is 2.64 bits per heavy atom. The Morgan fingerprint density at radius 2 is 1.89 bits per heavy atom. The molecule has 0 atom stereocenters. The first-order valence-electron chi connectivity index (χ1n) is 8.88. The van der Waals surface area contributed by atoms with Crippen LogP contribution in [0.1, 0.15) is 22.4 Å². The SMILES string of the molecule is Nc1cccc(-n2[nH]c3c(c2=O)CCN(Cc2cccc(C(F)(F)F)c2)C3)c1. The van der Waals surface area contributed by atoms with Crippen LogP contribution in [0, 0.1) is 0 Å². The maximum absolute atomic E-state index is 12.9. The van der Waals surface area contributed by atoms with E-state index in [2.05, 4.69) is 5.10 Å². The van der Waals surface area contributed by atoms with E-state index in [1.54, 1.807) is 30.3 Å². The molecule has 0 fully saturated rings. The maximum Gasteiger partial charge on any atom is 0.416 e. The Labute approximate surface area is 159 Å². The van der Waals surface area contributed by atoms with E-state index in [1.807, 2.05) is 4.90 Å². The van der Waals surface area contributed by atoms with E-state index in [9.17, 15) is 18.0 Å². The normalized spacial score (nSPS) is 14.8. The highest BCUT2D eigenvalue weighted by Gasteiger charge is 2.30. The van der Waals surface area contributed by atoms with E-state index in [4.69, 9.17) is 5.73 Å². The van der Waals surface area contributed by atoms with Gasteiger partial charge in [0.2, 0.25) is 0 Å². The average Bonchev–Trinajstić information content (AvgIpc) is 2.97. The predicted octanol–water partition coefficient (Wildman–Crippen LogP) is 3.32. The molecule has 1 aliphatic rings. The second-order valence-corrected chi connectivity index (χ2v) is 6.96. The van der Waals surface area contributed by atoms with Crippen LogP contribution in [0.2, 0.25) is 0 Å². The van der Waals surface area contributed by atoms with E-state index in [1.165, 1.54) is 16.8 Å². The minimum absolute atomic E-state index is 0.112. The van der Waals surface area contributed by atoms with Crippen LogP contribution in [-0.4, -0.2) is 21.2 Å². The van der Waals surface area contributed by atoms with E-state index in [0.717, 1.165) is 11.8 Å². The third-order valence-electron chi connectivity index (χ3n) is 4.92. The van der Waals surface area contributed by atoms with Crippen molar-refractivity contribution in [3.05, 3.63) is 81.3 Å². The zero-order chi connectivity index (χ0) is 19.9. The van der Waals surface area contributed by atoms with Crippen molar-refractivity contribution in [3.8, 4) is 5.69 Å². The molecule has 0 aliphatic carbocycles. The molecule has 1 aromatic heterocycles. The lowest BCUT2D eigenvalue weighted by atomic mass is 10.1. The highest BCUT2D eigenvalue weighted by Crippen LogP contribution is 2.30. The molecular weight excluding hydrogens is 369 g/mol. The number of hydrogen-bond acceptors (Lipinski definition) is 3. The quantitative estimate of drug-likeness (QED) is 0.677. The molecule has 1 aliphatic heterocycles. The summed E-state index contributed by atoms with van der Waals surface area (Å²) in [4.78, 5) is 14.7. The van der Waals surface area contributed by atoms with Crippen LogP contribution in [0.25, 0.3) is 5.69 Å². The van der Waals surface area contributed by atoms with Crippen molar-refractivity contribution in [3.63, 3.8) is 0 Å². The molecule has 2 heterocycles. The number of nitrogen functional groups attached to an aromatic ring is 1. The lowest BCUT2D eigenvalue weighted by Crippen LogP contribution is -2.31. The second kappa shape index (κ2) is 6.87. The summed E-state index contributed by atoms with van der Waals surface area (Å²) in [6.07, 6.45) is -3.82. The van der Waals surface area contributed by atoms with Crippen molar-refractivity contribution in [1.82, 2.24) is 14.7 Å². The number of H-pyrrole nitrogens is 1. The van der Waals surface area contributed by atoms with Crippen LogP contribution < -0.4 is 11.3 Å². The standard InChI is InChI=1S/C20H19F3N4O/c21-20(22,23)14-4-1-3-13(9-14)11-26-8-7-17-18(12-26)25-27(19(17)28)16-6-2-5-15(24)10-16/h1-6,9-10,25H,7-8,11-12,24H2. The van der Waals surface area contributed by atoms with Crippen molar-refractivity contribution < 1.29 is 13.2 Å². The van der Waals surface area contributed by atoms with Gasteiger partial charge in [-0.2, -0.15) is 13.2 Å². The van der Waals surface area contributed by atoms with E-state index < -0.39 is 11.7 Å². The Hall–Kier alpha value is -3.00. The molecule has 0 saturated heterocycles. The number of rotatable bonds is 3. The first-order valence-corrected chi connectivity index (χ1v) is 8.88. The molecule has 2 aromatic carbocycles. The van der Waals surface area contributed by atoms with Crippen molar-refractivity contribution in [2.24, 2.45) is 0 Å². The third-order valence-corrected chi connectivity index (χ3v) is 4.92. The molecule has 0 bridgehead atoms. The molecule has 0 amide bonds. The molecule has 3 N–H and O–H groups in total. The summed E-state index contributed by atoms with van der Waals surface area (Å²) in [6, 6.07) is 12.4. The number of alkyl halides is 3. The van der Waals surface area contributed by atoms with Gasteiger partial charge in [-0.1, -0.05) is 24.3 Å². The van der Waals surface area contributed by atoms with Crippen molar-refractivity contribution >= 4 is 5.69 Å². The van der Waals surface area contributed by atoms with Crippen LogP contribution in [-0.2, 0) is 25.7 Å². The van der Waals surface area contributed by atoms with Gasteiger partial charge in [0.25, 0.3) is 5.56 Å². The summed E-state index contributed by atoms with van der Waals surface area (Å²) < 4.78 is 40.2. The largest absolute Gasteiger partial charge is 0.416 e. The van der Waals surface area contributed by atoms with Gasteiger partial charge in [-0.3, -0.25) is 14.8 Å². The molecule has 8 heteroatoms. The summed E-state index contributed by atoms with van der Waals surface area (Å²) in [5, 5.41) is 3.12. The maximum atomic E-state index is 12.9. The van der Waals surface area contributed by atoms with Crippen LogP contribution in [0.4, 0.5) is 18.9 Å². The first-order chi connectivity index (χ1) is 13.3. The molecule has 5 nitrogen and oxygen atoms in total. The van der Waals surface area contributed by atoms with Gasteiger partial charge in [0.05, 0.1) is 16.9 Å².